The van der Waals surface area contributed by atoms with Gasteiger partial charge in [-0.25, -0.2) is 9.49 Å². The number of aromatic amines is 1. The quantitative estimate of drug-likeness (QED) is 0.673. The lowest BCUT2D eigenvalue weighted by Crippen LogP contribution is -2.43. The Balaban J connectivity index is 1.74. The fraction of sp³-hybridized carbons (Fsp3) is 0.389. The first-order valence-electron chi connectivity index (χ1n) is 9.02. The van der Waals surface area contributed by atoms with Crippen molar-refractivity contribution in [3.8, 4) is 11.5 Å². The molecule has 1 aromatic carbocycles. The highest BCUT2D eigenvalue weighted by Gasteiger charge is 2.28. The van der Waals surface area contributed by atoms with Gasteiger partial charge in [0.25, 0.3) is 10.7 Å². The van der Waals surface area contributed by atoms with E-state index in [1.54, 1.807) is 12.3 Å². The van der Waals surface area contributed by atoms with Crippen molar-refractivity contribution in [3.63, 3.8) is 0 Å². The van der Waals surface area contributed by atoms with Crippen LogP contribution in [-0.2, 0) is 0 Å². The number of halogens is 1. The molecule has 7 nitrogen and oxygen atoms in total. The summed E-state index contributed by atoms with van der Waals surface area (Å²) in [5.41, 5.74) is 1.27. The van der Waals surface area contributed by atoms with Crippen molar-refractivity contribution in [2.24, 2.45) is 0 Å². The fourth-order valence-electron chi connectivity index (χ4n) is 3.66. The number of pyridine rings is 1. The van der Waals surface area contributed by atoms with Crippen LogP contribution in [0, 0.1) is 10.7 Å². The van der Waals surface area contributed by atoms with Crippen LogP contribution in [0.4, 0.5) is 10.1 Å². The summed E-state index contributed by atoms with van der Waals surface area (Å²) in [6.07, 6.45) is 3.82. The number of nitrogens with zero attached hydrogens (tertiary/aromatic N) is 3. The van der Waals surface area contributed by atoms with Crippen molar-refractivity contribution >= 4 is 28.8 Å². The molecule has 0 atom stereocenters. The number of benzene rings is 1. The Morgan fingerprint density at radius 1 is 1.26 bits per heavy atom. The number of hydrogen-bond donors (Lipinski definition) is 2. The largest absolute Gasteiger partial charge is 0.409 e. The zero-order valence-electron chi connectivity index (χ0n) is 14.5. The first-order chi connectivity index (χ1) is 13.1. The minimum atomic E-state index is -0.385. The molecule has 2 N–H and O–H groups in total. The molecule has 1 aliphatic heterocycles. The highest BCUT2D eigenvalue weighted by atomic mass is 32.1. The Kier molecular flexibility index (Phi) is 3.87. The molecule has 0 radical (unpaired) electrons. The molecule has 2 aliphatic rings. The van der Waals surface area contributed by atoms with E-state index in [-0.39, 0.29) is 27.5 Å². The van der Waals surface area contributed by atoms with Gasteiger partial charge in [0.05, 0.1) is 11.2 Å². The summed E-state index contributed by atoms with van der Waals surface area (Å²) < 4.78 is 22.3. The predicted molar refractivity (Wildman–Crippen MR) is 102 cm³/mol. The van der Waals surface area contributed by atoms with Gasteiger partial charge in [-0.05, 0) is 37.2 Å². The first-order valence-corrected chi connectivity index (χ1v) is 9.42. The van der Waals surface area contributed by atoms with Gasteiger partial charge in [-0.2, -0.15) is 0 Å². The van der Waals surface area contributed by atoms with E-state index in [2.05, 4.69) is 15.5 Å². The molecule has 3 aromatic rings. The van der Waals surface area contributed by atoms with Gasteiger partial charge >= 0.3 is 0 Å². The summed E-state index contributed by atoms with van der Waals surface area (Å²) in [7, 11) is 0. The molecule has 0 spiro atoms. The molecule has 9 heteroatoms. The van der Waals surface area contributed by atoms with E-state index in [1.807, 2.05) is 9.47 Å². The standard InChI is InChI=1S/C18H18FN5O2S/c19-13-7-11-14(8-15(13)23-5-3-20-4-6-23)24(10-1-2-10)9-12(16(11)25)17-21-22-18(27)26-17/h7-10,20H,1-6H2,(H,22,27). The molecule has 27 heavy (non-hydrogen) atoms. The van der Waals surface area contributed by atoms with Crippen molar-refractivity contribution in [2.45, 2.75) is 18.9 Å². The third-order valence-electron chi connectivity index (χ3n) is 5.17. The average molecular weight is 387 g/mol. The molecule has 140 valence electrons. The Morgan fingerprint density at radius 3 is 2.70 bits per heavy atom. The van der Waals surface area contributed by atoms with E-state index in [0.29, 0.717) is 17.1 Å². The third-order valence-corrected chi connectivity index (χ3v) is 5.34. The highest BCUT2D eigenvalue weighted by molar-refractivity contribution is 7.71. The lowest BCUT2D eigenvalue weighted by Gasteiger charge is -2.30. The molecule has 1 aliphatic carbocycles. The number of nitrogens with one attached hydrogen (secondary N) is 2. The van der Waals surface area contributed by atoms with Gasteiger partial charge in [-0.1, -0.05) is 0 Å². The number of aromatic nitrogens is 3. The lowest BCUT2D eigenvalue weighted by atomic mass is 10.1. The minimum Gasteiger partial charge on any atom is -0.409 e. The normalized spacial score (nSPS) is 17.6. The lowest BCUT2D eigenvalue weighted by molar-refractivity contribution is 0.550. The van der Waals surface area contributed by atoms with Crippen molar-refractivity contribution < 1.29 is 8.81 Å². The van der Waals surface area contributed by atoms with Crippen LogP contribution in [0.5, 0.6) is 0 Å². The van der Waals surface area contributed by atoms with Crippen molar-refractivity contribution in [1.82, 2.24) is 20.1 Å². The summed E-state index contributed by atoms with van der Waals surface area (Å²) in [6, 6.07) is 3.45. The molecule has 5 rings (SSSR count). The van der Waals surface area contributed by atoms with E-state index < -0.39 is 0 Å². The average Bonchev–Trinajstić information content (AvgIpc) is 3.43. The SMILES string of the molecule is O=c1c(-c2n[nH]c(=S)o2)cn(C2CC2)c2cc(N3CCNCC3)c(F)cc12. The van der Waals surface area contributed by atoms with E-state index in [1.165, 1.54) is 6.07 Å². The number of hydrogen-bond acceptors (Lipinski definition) is 6. The number of rotatable bonds is 3. The van der Waals surface area contributed by atoms with Crippen LogP contribution >= 0.6 is 12.2 Å². The number of H-pyrrole nitrogens is 1. The molecule has 0 unspecified atom stereocenters. The summed E-state index contributed by atoms with van der Waals surface area (Å²) >= 11 is 4.91. The molecule has 3 heterocycles. The highest BCUT2D eigenvalue weighted by Crippen LogP contribution is 2.38. The van der Waals surface area contributed by atoms with Crippen molar-refractivity contribution in [2.75, 3.05) is 31.1 Å². The van der Waals surface area contributed by atoms with Gasteiger partial charge in [-0.3, -0.25) is 4.79 Å². The molecular weight excluding hydrogens is 369 g/mol. The monoisotopic (exact) mass is 387 g/mol. The zero-order chi connectivity index (χ0) is 18.5. The Morgan fingerprint density at radius 2 is 2.04 bits per heavy atom. The predicted octanol–water partition coefficient (Wildman–Crippen LogP) is 2.60. The van der Waals surface area contributed by atoms with Crippen LogP contribution < -0.4 is 15.6 Å². The fourth-order valence-corrected chi connectivity index (χ4v) is 3.78. The number of anilines is 1. The first kappa shape index (κ1) is 16.6. The Bertz CT molecular complexity index is 1140. The zero-order valence-corrected chi connectivity index (χ0v) is 15.3. The topological polar surface area (TPSA) is 79.1 Å². The maximum atomic E-state index is 14.9. The van der Waals surface area contributed by atoms with Crippen LogP contribution in [0.2, 0.25) is 0 Å². The van der Waals surface area contributed by atoms with Crippen molar-refractivity contribution in [3.05, 3.63) is 39.2 Å². The van der Waals surface area contributed by atoms with E-state index in [4.69, 9.17) is 16.6 Å². The smallest absolute Gasteiger partial charge is 0.284 e. The van der Waals surface area contributed by atoms with Crippen LogP contribution in [0.15, 0.2) is 27.5 Å². The molecule has 2 aromatic heterocycles. The van der Waals surface area contributed by atoms with Crippen LogP contribution in [-0.4, -0.2) is 40.9 Å². The van der Waals surface area contributed by atoms with Crippen LogP contribution in [0.3, 0.4) is 0 Å². The summed E-state index contributed by atoms with van der Waals surface area (Å²) in [5, 5.41) is 10.1. The summed E-state index contributed by atoms with van der Waals surface area (Å²) in [4.78, 5) is 15.1. The van der Waals surface area contributed by atoms with E-state index >= 15 is 0 Å². The molecular formula is C18H18FN5O2S. The molecule has 1 saturated heterocycles. The van der Waals surface area contributed by atoms with Crippen molar-refractivity contribution in [1.29, 1.82) is 0 Å². The van der Waals surface area contributed by atoms with Gasteiger partial charge < -0.3 is 19.2 Å². The number of piperazine rings is 1. The van der Waals surface area contributed by atoms with Gasteiger partial charge in [0, 0.05) is 43.8 Å². The van der Waals surface area contributed by atoms with Crippen LogP contribution in [0.1, 0.15) is 18.9 Å². The van der Waals surface area contributed by atoms with Gasteiger partial charge in [0.15, 0.2) is 0 Å². The van der Waals surface area contributed by atoms with Gasteiger partial charge in [0.2, 0.25) is 5.43 Å². The Labute approximate surface area is 158 Å². The van der Waals surface area contributed by atoms with E-state index in [9.17, 15) is 9.18 Å². The third kappa shape index (κ3) is 2.87. The molecule has 1 saturated carbocycles. The van der Waals surface area contributed by atoms with Gasteiger partial charge in [0.1, 0.15) is 11.4 Å². The minimum absolute atomic E-state index is 0.0997. The number of fused-ring (bicyclic) bond motifs is 1. The van der Waals surface area contributed by atoms with Gasteiger partial charge in [-0.15, -0.1) is 5.10 Å². The summed E-state index contributed by atoms with van der Waals surface area (Å²) in [6.45, 7) is 3.11. The second-order valence-corrected chi connectivity index (χ2v) is 7.36. The second-order valence-electron chi connectivity index (χ2n) is 6.99. The Hall–Kier alpha value is -2.52. The van der Waals surface area contributed by atoms with E-state index in [0.717, 1.165) is 44.5 Å². The molecule has 0 bridgehead atoms. The summed E-state index contributed by atoms with van der Waals surface area (Å²) in [5.74, 6) is -0.253. The van der Waals surface area contributed by atoms with Crippen LogP contribution in [0.25, 0.3) is 22.4 Å². The molecule has 0 amide bonds. The maximum Gasteiger partial charge on any atom is 0.284 e. The maximum absolute atomic E-state index is 14.9. The molecule has 2 fully saturated rings. The second kappa shape index (κ2) is 6.28.